The number of aliphatic carboxylic acids is 1. The molecule has 9 heteroatoms. The van der Waals surface area contributed by atoms with Crippen LogP contribution < -0.4 is 0 Å². The number of aromatic nitrogens is 4. The molecule has 8 nitrogen and oxygen atoms in total. The van der Waals surface area contributed by atoms with Crippen LogP contribution in [0.2, 0.25) is 0 Å². The largest absolute Gasteiger partial charge is 0.481 e. The van der Waals surface area contributed by atoms with Crippen LogP contribution in [0.15, 0.2) is 26.2 Å². The van der Waals surface area contributed by atoms with Crippen LogP contribution in [0.5, 0.6) is 0 Å². The Bertz CT molecular complexity index is 676. The van der Waals surface area contributed by atoms with Crippen LogP contribution in [0.3, 0.4) is 0 Å². The Labute approximate surface area is 115 Å². The molecule has 1 N–H and O–H groups in total. The van der Waals surface area contributed by atoms with Gasteiger partial charge in [0.25, 0.3) is 5.95 Å². The van der Waals surface area contributed by atoms with E-state index in [1.165, 1.54) is 10.9 Å². The molecule has 98 valence electrons. The number of fused-ring (bicyclic) bond motifs is 1. The van der Waals surface area contributed by atoms with Gasteiger partial charge in [0.15, 0.2) is 0 Å². The number of nitrogens with zero attached hydrogens (tertiary/aromatic N) is 5. The molecule has 1 aliphatic heterocycles. The zero-order valence-corrected chi connectivity index (χ0v) is 11.3. The number of carbonyl (C=O) groups is 1. The van der Waals surface area contributed by atoms with Crippen molar-refractivity contribution in [3.63, 3.8) is 0 Å². The quantitative estimate of drug-likeness (QED) is 0.894. The molecule has 0 saturated carbocycles. The van der Waals surface area contributed by atoms with E-state index in [4.69, 9.17) is 4.42 Å². The first-order valence-corrected chi connectivity index (χ1v) is 6.17. The summed E-state index contributed by atoms with van der Waals surface area (Å²) < 4.78 is 7.40. The first kappa shape index (κ1) is 12.0. The van der Waals surface area contributed by atoms with Crippen LogP contribution in [0.1, 0.15) is 18.7 Å². The van der Waals surface area contributed by atoms with E-state index in [2.05, 4.69) is 36.4 Å². The lowest BCUT2D eigenvalue weighted by Crippen LogP contribution is -2.35. The fourth-order valence-electron chi connectivity index (χ4n) is 2.13. The van der Waals surface area contributed by atoms with Gasteiger partial charge in [0.2, 0.25) is 0 Å². The molecule has 2 aromatic rings. The van der Waals surface area contributed by atoms with E-state index in [0.29, 0.717) is 15.9 Å². The molecule has 0 amide bonds. The first-order chi connectivity index (χ1) is 9.09. The van der Waals surface area contributed by atoms with Gasteiger partial charge in [0.1, 0.15) is 17.7 Å². The number of furan rings is 1. The van der Waals surface area contributed by atoms with Crippen LogP contribution >= 0.6 is 15.9 Å². The molecule has 0 spiro atoms. The highest BCUT2D eigenvalue weighted by atomic mass is 79.9. The molecule has 2 atom stereocenters. The highest BCUT2D eigenvalue weighted by Gasteiger charge is 2.41. The fourth-order valence-corrected chi connectivity index (χ4v) is 2.57. The van der Waals surface area contributed by atoms with Gasteiger partial charge in [-0.05, 0) is 39.3 Å². The summed E-state index contributed by atoms with van der Waals surface area (Å²) in [5.74, 6) is -1.16. The average Bonchev–Trinajstić information content (AvgIpc) is 2.95. The third kappa shape index (κ3) is 1.77. The fraction of sp³-hybridized carbons (Fsp3) is 0.300. The summed E-state index contributed by atoms with van der Waals surface area (Å²) in [6.45, 7) is 1.64. The van der Waals surface area contributed by atoms with Gasteiger partial charge in [-0.25, -0.2) is 4.99 Å². The molecule has 0 aliphatic carbocycles. The topological polar surface area (TPSA) is 106 Å². The van der Waals surface area contributed by atoms with Crippen molar-refractivity contribution in [1.82, 2.24) is 20.2 Å². The van der Waals surface area contributed by atoms with Crippen molar-refractivity contribution in [3.8, 4) is 0 Å². The van der Waals surface area contributed by atoms with Gasteiger partial charge in [0, 0.05) is 5.71 Å². The lowest BCUT2D eigenvalue weighted by Gasteiger charge is -2.25. The summed E-state index contributed by atoms with van der Waals surface area (Å²) in [5, 5.41) is 20.5. The van der Waals surface area contributed by atoms with E-state index in [0.717, 1.165) is 0 Å². The van der Waals surface area contributed by atoms with Crippen LogP contribution in [0.25, 0.3) is 0 Å². The lowest BCUT2D eigenvalue weighted by molar-refractivity contribution is -0.140. The van der Waals surface area contributed by atoms with Crippen LogP contribution in [-0.2, 0) is 4.79 Å². The summed E-state index contributed by atoms with van der Waals surface area (Å²) in [6.07, 6.45) is 1.48. The van der Waals surface area contributed by atoms with E-state index < -0.39 is 17.9 Å². The molecule has 0 aromatic carbocycles. The number of tetrazole rings is 1. The average molecular weight is 326 g/mol. The van der Waals surface area contributed by atoms with Gasteiger partial charge in [-0.3, -0.25) is 4.79 Å². The molecule has 0 bridgehead atoms. The van der Waals surface area contributed by atoms with Crippen LogP contribution in [0, 0.1) is 5.92 Å². The first-order valence-electron chi connectivity index (χ1n) is 5.38. The normalized spacial score (nSPS) is 21.9. The summed E-state index contributed by atoms with van der Waals surface area (Å²) in [4.78, 5) is 15.6. The maximum absolute atomic E-state index is 11.5. The van der Waals surface area contributed by atoms with Crippen molar-refractivity contribution in [2.75, 3.05) is 0 Å². The molecule has 2 aromatic heterocycles. The number of carboxylic acid groups (broad SMARTS) is 1. The molecule has 1 aliphatic rings. The number of rotatable bonds is 2. The Kier molecular flexibility index (Phi) is 2.70. The second kappa shape index (κ2) is 4.26. The summed E-state index contributed by atoms with van der Waals surface area (Å²) in [7, 11) is 0. The predicted octanol–water partition coefficient (Wildman–Crippen LogP) is 1.42. The monoisotopic (exact) mass is 325 g/mol. The van der Waals surface area contributed by atoms with E-state index in [1.54, 1.807) is 13.0 Å². The summed E-state index contributed by atoms with van der Waals surface area (Å²) in [5.41, 5.74) is 0.433. The second-order valence-electron chi connectivity index (χ2n) is 4.07. The Morgan fingerprint density at radius 3 is 3.00 bits per heavy atom. The van der Waals surface area contributed by atoms with Crippen molar-refractivity contribution in [2.24, 2.45) is 10.9 Å². The van der Waals surface area contributed by atoms with Crippen molar-refractivity contribution in [1.29, 1.82) is 0 Å². The maximum atomic E-state index is 11.5. The Hall–Kier alpha value is -2.03. The van der Waals surface area contributed by atoms with Gasteiger partial charge in [-0.15, -0.1) is 0 Å². The molecule has 3 rings (SSSR count). The third-order valence-electron chi connectivity index (χ3n) is 2.96. The number of hydrogen-bond acceptors (Lipinski definition) is 6. The van der Waals surface area contributed by atoms with Crippen LogP contribution in [0.4, 0.5) is 5.95 Å². The molecule has 19 heavy (non-hydrogen) atoms. The zero-order valence-electron chi connectivity index (χ0n) is 9.69. The Morgan fingerprint density at radius 2 is 2.37 bits per heavy atom. The minimum atomic E-state index is -1.00. The smallest absolute Gasteiger partial charge is 0.314 e. The van der Waals surface area contributed by atoms with Crippen molar-refractivity contribution in [3.05, 3.63) is 22.6 Å². The Morgan fingerprint density at radius 1 is 1.58 bits per heavy atom. The number of carboxylic acids is 1. The van der Waals surface area contributed by atoms with Crippen LogP contribution in [-0.4, -0.2) is 37.0 Å². The number of halogens is 1. The maximum Gasteiger partial charge on any atom is 0.314 e. The predicted molar refractivity (Wildman–Crippen MR) is 66.3 cm³/mol. The van der Waals surface area contributed by atoms with Gasteiger partial charge in [-0.1, -0.05) is 5.10 Å². The van der Waals surface area contributed by atoms with Gasteiger partial charge >= 0.3 is 5.97 Å². The minimum absolute atomic E-state index is 0.267. The molecular weight excluding hydrogens is 318 g/mol. The molecule has 0 saturated heterocycles. The summed E-state index contributed by atoms with van der Waals surface area (Å²) >= 11 is 3.33. The minimum Gasteiger partial charge on any atom is -0.481 e. The standard InChI is InChI=1S/C10H8BrN5O3/c1-4-6(9(17)18)7(8-5(11)2-3-19-8)16-10(12-4)13-14-15-16/h2-3,6-7H,1H3,(H,17,18). The molecular formula is C10H8BrN5O3. The third-order valence-corrected chi connectivity index (χ3v) is 3.62. The van der Waals surface area contributed by atoms with Crippen molar-refractivity contribution >= 4 is 33.6 Å². The van der Waals surface area contributed by atoms with E-state index >= 15 is 0 Å². The van der Waals surface area contributed by atoms with E-state index in [9.17, 15) is 9.90 Å². The second-order valence-corrected chi connectivity index (χ2v) is 4.92. The van der Waals surface area contributed by atoms with Crippen molar-refractivity contribution in [2.45, 2.75) is 13.0 Å². The van der Waals surface area contributed by atoms with Crippen molar-refractivity contribution < 1.29 is 14.3 Å². The lowest BCUT2D eigenvalue weighted by atomic mass is 9.92. The zero-order chi connectivity index (χ0) is 13.6. The molecule has 0 radical (unpaired) electrons. The number of aliphatic imine (C=N–C) groups is 1. The van der Waals surface area contributed by atoms with E-state index in [1.807, 2.05) is 0 Å². The van der Waals surface area contributed by atoms with E-state index in [-0.39, 0.29) is 5.95 Å². The number of hydrogen-bond donors (Lipinski definition) is 1. The van der Waals surface area contributed by atoms with Gasteiger partial charge < -0.3 is 9.52 Å². The van der Waals surface area contributed by atoms with Gasteiger partial charge in [0.05, 0.1) is 10.7 Å². The highest BCUT2D eigenvalue weighted by molar-refractivity contribution is 9.10. The highest BCUT2D eigenvalue weighted by Crippen LogP contribution is 2.38. The Balaban J connectivity index is 2.21. The molecule has 0 fully saturated rings. The SMILES string of the molecule is CC1=Nc2nnnn2C(c2occc2Br)C1C(=O)O. The molecule has 2 unspecified atom stereocenters. The molecule has 3 heterocycles. The summed E-state index contributed by atoms with van der Waals surface area (Å²) in [6, 6.07) is 1.03. The van der Waals surface area contributed by atoms with Gasteiger partial charge in [-0.2, -0.15) is 4.68 Å².